The summed E-state index contributed by atoms with van der Waals surface area (Å²) < 4.78 is 63.2. The molecule has 2 aromatic heterocycles. The van der Waals surface area contributed by atoms with Crippen LogP contribution in [0.1, 0.15) is 83.9 Å². The van der Waals surface area contributed by atoms with E-state index in [0.29, 0.717) is 77.8 Å². The largest absolute Gasteiger partial charge is 0.487 e. The lowest BCUT2D eigenvalue weighted by Gasteiger charge is -2.40. The first-order valence-corrected chi connectivity index (χ1v) is 22.5. The molecule has 70 heavy (non-hydrogen) atoms. The van der Waals surface area contributed by atoms with Gasteiger partial charge >= 0.3 is 18.1 Å². The number of nitrogens with one attached hydrogen (secondary N) is 2. The number of carbonyl (C=O) groups is 4. The van der Waals surface area contributed by atoms with Crippen LogP contribution in [0.4, 0.5) is 29.2 Å². The molecular weight excluding hydrogens is 959 g/mol. The van der Waals surface area contributed by atoms with Gasteiger partial charge in [0, 0.05) is 18.5 Å². The number of benzene rings is 4. The first kappa shape index (κ1) is 49.0. The fraction of sp³-hybridized carbons (Fsp3) is 0.240. The number of halogens is 6. The summed E-state index contributed by atoms with van der Waals surface area (Å²) in [5, 5.41) is 24.7. The maximum absolute atomic E-state index is 13.4. The number of alkyl halides is 3. The number of aromatic carboxylic acids is 2. The number of anilines is 2. The molecule has 1 atom stereocenters. The highest BCUT2D eigenvalue weighted by molar-refractivity contribution is 6.31. The van der Waals surface area contributed by atoms with Crippen LogP contribution in [-0.4, -0.2) is 82.3 Å². The summed E-state index contributed by atoms with van der Waals surface area (Å²) in [6.07, 6.45) is -0.524. The van der Waals surface area contributed by atoms with Crippen LogP contribution in [0.15, 0.2) is 122 Å². The Morgan fingerprint density at radius 1 is 0.700 bits per heavy atom. The van der Waals surface area contributed by atoms with E-state index in [4.69, 9.17) is 42.9 Å². The molecule has 0 bridgehead atoms. The SMILES string of the molecule is C[C@H](NC(=O)c1cc(Cl)cnc1N1CC(Oc2cccc(F)c2)C1)c1ccc(C(=O)O)cc1.O=C(O)c1ccc(C2(NC(=O)c3cc(Cl)cnc3N3CC(Oc4ccc(C(F)(F)F)cc4)C3)CC2)cc1. The van der Waals surface area contributed by atoms with Crippen LogP contribution in [0.2, 0.25) is 10.0 Å². The number of hydrogen-bond acceptors (Lipinski definition) is 10. The lowest BCUT2D eigenvalue weighted by Crippen LogP contribution is -2.55. The van der Waals surface area contributed by atoms with Crippen molar-refractivity contribution in [3.8, 4) is 11.5 Å². The van der Waals surface area contributed by atoms with E-state index in [9.17, 15) is 36.7 Å². The second-order valence-corrected chi connectivity index (χ2v) is 17.7. The quantitative estimate of drug-likeness (QED) is 0.0760. The van der Waals surface area contributed by atoms with Crippen LogP contribution in [-0.2, 0) is 11.7 Å². The average Bonchev–Trinajstić information content (AvgIpc) is 4.09. The van der Waals surface area contributed by atoms with E-state index in [2.05, 4.69) is 20.6 Å². The van der Waals surface area contributed by atoms with E-state index in [1.165, 1.54) is 67.0 Å². The molecule has 0 spiro atoms. The molecule has 14 nitrogen and oxygen atoms in total. The fourth-order valence-corrected chi connectivity index (χ4v) is 8.14. The van der Waals surface area contributed by atoms with Crippen molar-refractivity contribution < 1.29 is 56.4 Å². The highest BCUT2D eigenvalue weighted by Gasteiger charge is 2.46. The van der Waals surface area contributed by atoms with Gasteiger partial charge in [-0.1, -0.05) is 53.5 Å². The Hall–Kier alpha value is -7.44. The van der Waals surface area contributed by atoms with Gasteiger partial charge in [0.25, 0.3) is 11.8 Å². The minimum Gasteiger partial charge on any atom is -0.487 e. The van der Waals surface area contributed by atoms with Crippen LogP contribution >= 0.6 is 23.2 Å². The maximum Gasteiger partial charge on any atom is 0.416 e. The number of nitrogens with zero attached hydrogens (tertiary/aromatic N) is 4. The molecule has 2 amide bonds. The molecule has 2 saturated heterocycles. The summed E-state index contributed by atoms with van der Waals surface area (Å²) in [6.45, 7) is 3.54. The molecule has 20 heteroatoms. The van der Waals surface area contributed by atoms with Crippen LogP contribution < -0.4 is 29.9 Å². The summed E-state index contributed by atoms with van der Waals surface area (Å²) in [4.78, 5) is 60.9. The summed E-state index contributed by atoms with van der Waals surface area (Å²) in [6, 6.07) is 25.9. The number of pyridine rings is 2. The highest BCUT2D eigenvalue weighted by Crippen LogP contribution is 2.46. The Bertz CT molecular complexity index is 2910. The third-order valence-electron chi connectivity index (χ3n) is 11.8. The van der Waals surface area contributed by atoms with Gasteiger partial charge in [-0.2, -0.15) is 13.2 Å². The molecule has 1 saturated carbocycles. The molecule has 3 aliphatic rings. The number of aromatic nitrogens is 2. The number of carboxylic acid groups (broad SMARTS) is 2. The van der Waals surface area contributed by atoms with E-state index in [0.717, 1.165) is 23.3 Å². The number of hydrogen-bond donors (Lipinski definition) is 4. The van der Waals surface area contributed by atoms with Crippen molar-refractivity contribution in [2.45, 2.75) is 49.7 Å². The lowest BCUT2D eigenvalue weighted by molar-refractivity contribution is -0.137. The summed E-state index contributed by atoms with van der Waals surface area (Å²) in [5.74, 6) is -1.45. The molecule has 4 heterocycles. The van der Waals surface area contributed by atoms with Gasteiger partial charge in [0.05, 0.1) is 75.6 Å². The zero-order valence-electron chi connectivity index (χ0n) is 36.9. The molecule has 1 aliphatic carbocycles. The monoisotopic (exact) mass is 1000 g/mol. The second-order valence-electron chi connectivity index (χ2n) is 16.9. The summed E-state index contributed by atoms with van der Waals surface area (Å²) in [5.41, 5.74) is 1.19. The van der Waals surface area contributed by atoms with Gasteiger partial charge in [0.2, 0.25) is 0 Å². The second kappa shape index (κ2) is 20.3. The van der Waals surface area contributed by atoms with Crippen molar-refractivity contribution in [2.24, 2.45) is 0 Å². The molecule has 3 fully saturated rings. The first-order chi connectivity index (χ1) is 33.3. The van der Waals surface area contributed by atoms with Crippen molar-refractivity contribution in [3.63, 3.8) is 0 Å². The van der Waals surface area contributed by atoms with E-state index in [1.54, 1.807) is 49.4 Å². The van der Waals surface area contributed by atoms with Gasteiger partial charge in [-0.3, -0.25) is 9.59 Å². The topological polar surface area (TPSA) is 184 Å². The van der Waals surface area contributed by atoms with E-state index in [-0.39, 0.29) is 52.6 Å². The Kier molecular flexibility index (Phi) is 14.2. The Morgan fingerprint density at radius 3 is 1.69 bits per heavy atom. The van der Waals surface area contributed by atoms with Gasteiger partial charge in [-0.25, -0.2) is 23.9 Å². The number of amides is 2. The lowest BCUT2D eigenvalue weighted by atomic mass is 10.0. The standard InChI is InChI=1S/C26H21ClF3N3O4.C24H21ClFN3O4/c27-18-11-21(23(34)32-25(9-10-25)16-3-1-15(2-4-16)24(35)36)22(31-12-18)33-13-20(14-33)37-19-7-5-17(6-8-19)26(28,29)30;1-14(15-5-7-16(8-6-15)24(31)32)28-23(30)21-9-17(25)11-27-22(21)29-12-20(13-29)33-19-4-2-3-18(26)10-19/h1-8,11-12,20H,9-10,13-14H2,(H,32,34)(H,35,36);2-11,14,20H,12-13H2,1H3,(H,28,30)(H,31,32)/t;14-/m.0/s1. The minimum absolute atomic E-state index is 0.160. The van der Waals surface area contributed by atoms with E-state index >= 15 is 0 Å². The molecule has 2 aliphatic heterocycles. The number of rotatable bonds is 14. The van der Waals surface area contributed by atoms with Crippen LogP contribution in [0.5, 0.6) is 11.5 Å². The van der Waals surface area contributed by atoms with Gasteiger partial charge < -0.3 is 40.1 Å². The van der Waals surface area contributed by atoms with Gasteiger partial charge in [0.1, 0.15) is 41.2 Å². The van der Waals surface area contributed by atoms with Gasteiger partial charge in [0.15, 0.2) is 0 Å². The van der Waals surface area contributed by atoms with E-state index < -0.39 is 29.2 Å². The minimum atomic E-state index is -4.41. The van der Waals surface area contributed by atoms with Crippen molar-refractivity contribution in [3.05, 3.63) is 176 Å². The summed E-state index contributed by atoms with van der Waals surface area (Å²) >= 11 is 12.2. The molecule has 0 radical (unpaired) electrons. The van der Waals surface area contributed by atoms with Crippen molar-refractivity contribution in [1.29, 1.82) is 0 Å². The average molecular weight is 1000 g/mol. The molecule has 4 N–H and O–H groups in total. The Morgan fingerprint density at radius 2 is 1.20 bits per heavy atom. The predicted octanol–water partition coefficient (Wildman–Crippen LogP) is 9.47. The first-order valence-electron chi connectivity index (χ1n) is 21.7. The van der Waals surface area contributed by atoms with Crippen LogP contribution in [0, 0.1) is 5.82 Å². The molecule has 9 rings (SSSR count). The highest BCUT2D eigenvalue weighted by atomic mass is 35.5. The molecular formula is C50H42Cl2F4N6O8. The maximum atomic E-state index is 13.4. The third kappa shape index (κ3) is 11.5. The van der Waals surface area contributed by atoms with Gasteiger partial charge in [-0.15, -0.1) is 0 Å². The van der Waals surface area contributed by atoms with Crippen LogP contribution in [0.25, 0.3) is 0 Å². The normalized spacial score (nSPS) is 15.5. The van der Waals surface area contributed by atoms with Gasteiger partial charge in [-0.05, 0) is 104 Å². The molecule has 362 valence electrons. The van der Waals surface area contributed by atoms with Crippen LogP contribution in [0.3, 0.4) is 0 Å². The smallest absolute Gasteiger partial charge is 0.416 e. The van der Waals surface area contributed by atoms with Crippen molar-refractivity contribution in [1.82, 2.24) is 20.6 Å². The number of carbonyl (C=O) groups excluding carboxylic acids is 2. The van der Waals surface area contributed by atoms with Crippen molar-refractivity contribution >= 4 is 58.6 Å². The van der Waals surface area contributed by atoms with E-state index in [1.807, 2.05) is 9.80 Å². The predicted molar refractivity (Wildman–Crippen MR) is 251 cm³/mol. The Labute approximate surface area is 407 Å². The fourth-order valence-electron chi connectivity index (χ4n) is 7.82. The molecule has 4 aromatic carbocycles. The molecule has 0 unspecified atom stereocenters. The summed E-state index contributed by atoms with van der Waals surface area (Å²) in [7, 11) is 0. The Balaban J connectivity index is 0.000000190. The number of ether oxygens (including phenoxy) is 2. The number of carboxylic acids is 2. The molecule has 6 aromatic rings. The zero-order chi connectivity index (χ0) is 49.9. The third-order valence-corrected chi connectivity index (χ3v) is 12.2. The van der Waals surface area contributed by atoms with Crippen molar-refractivity contribution in [2.75, 3.05) is 36.0 Å². The zero-order valence-corrected chi connectivity index (χ0v) is 38.4.